The molecule has 0 amide bonds. The normalized spacial score (nSPS) is 10.6. The first-order chi connectivity index (χ1) is 8.04. The molecule has 5 heteroatoms. The monoisotopic (exact) mass is 312 g/mol. The van der Waals surface area contributed by atoms with Crippen molar-refractivity contribution in [3.63, 3.8) is 0 Å². The lowest BCUT2D eigenvalue weighted by Gasteiger charge is -2.07. The van der Waals surface area contributed by atoms with Crippen molar-refractivity contribution < 1.29 is 4.79 Å². The lowest BCUT2D eigenvalue weighted by atomic mass is 10.2. The van der Waals surface area contributed by atoms with Gasteiger partial charge in [-0.15, -0.1) is 0 Å². The Balaban J connectivity index is 2.60. The number of halogens is 2. The van der Waals surface area contributed by atoms with E-state index in [-0.39, 0.29) is 0 Å². The molecule has 1 heterocycles. The third-order valence-electron chi connectivity index (χ3n) is 2.54. The first kappa shape index (κ1) is 12.3. The summed E-state index contributed by atoms with van der Waals surface area (Å²) in [4.78, 5) is 10.6. The van der Waals surface area contributed by atoms with E-state index in [2.05, 4.69) is 21.0 Å². The fourth-order valence-corrected chi connectivity index (χ4v) is 2.14. The molecule has 0 saturated heterocycles. The SMILES string of the molecule is Cc1nn(-c2ccc(C=O)cc2Cl)c(C)c1Br. The summed E-state index contributed by atoms with van der Waals surface area (Å²) in [5, 5.41) is 4.90. The number of aromatic nitrogens is 2. The second-order valence-corrected chi connectivity index (χ2v) is 4.93. The molecule has 0 unspecified atom stereocenters. The molecule has 0 fully saturated rings. The van der Waals surface area contributed by atoms with Gasteiger partial charge in [-0.05, 0) is 48.0 Å². The topological polar surface area (TPSA) is 34.9 Å². The largest absolute Gasteiger partial charge is 0.298 e. The molecule has 0 bridgehead atoms. The zero-order valence-corrected chi connectivity index (χ0v) is 11.7. The summed E-state index contributed by atoms with van der Waals surface area (Å²) in [6.07, 6.45) is 0.771. The van der Waals surface area contributed by atoms with Gasteiger partial charge in [-0.1, -0.05) is 11.6 Å². The van der Waals surface area contributed by atoms with Crippen LogP contribution < -0.4 is 0 Å². The van der Waals surface area contributed by atoms with Crippen LogP contribution in [0.1, 0.15) is 21.7 Å². The Morgan fingerprint density at radius 3 is 2.59 bits per heavy atom. The van der Waals surface area contributed by atoms with E-state index in [0.29, 0.717) is 10.6 Å². The summed E-state index contributed by atoms with van der Waals surface area (Å²) in [5.74, 6) is 0. The summed E-state index contributed by atoms with van der Waals surface area (Å²) in [6, 6.07) is 5.14. The van der Waals surface area contributed by atoms with Crippen molar-refractivity contribution in [2.75, 3.05) is 0 Å². The number of nitrogens with zero attached hydrogens (tertiary/aromatic N) is 2. The van der Waals surface area contributed by atoms with Crippen LogP contribution in [0.15, 0.2) is 22.7 Å². The van der Waals surface area contributed by atoms with Crippen LogP contribution >= 0.6 is 27.5 Å². The molecule has 17 heavy (non-hydrogen) atoms. The molecule has 0 radical (unpaired) electrons. The molecule has 2 aromatic rings. The molecule has 0 atom stereocenters. The Morgan fingerprint density at radius 2 is 2.12 bits per heavy atom. The maximum Gasteiger partial charge on any atom is 0.150 e. The van der Waals surface area contributed by atoms with E-state index in [9.17, 15) is 4.79 Å². The maximum atomic E-state index is 10.6. The third kappa shape index (κ3) is 2.15. The highest BCUT2D eigenvalue weighted by Gasteiger charge is 2.12. The summed E-state index contributed by atoms with van der Waals surface area (Å²) in [5.41, 5.74) is 3.20. The fourth-order valence-electron chi connectivity index (χ4n) is 1.63. The number of aryl methyl sites for hydroxylation is 1. The van der Waals surface area contributed by atoms with E-state index < -0.39 is 0 Å². The van der Waals surface area contributed by atoms with Crippen molar-refractivity contribution in [1.29, 1.82) is 0 Å². The first-order valence-corrected chi connectivity index (χ1v) is 6.18. The Hall–Kier alpha value is -1.13. The van der Waals surface area contributed by atoms with Crippen molar-refractivity contribution in [2.24, 2.45) is 0 Å². The number of carbonyl (C=O) groups is 1. The number of rotatable bonds is 2. The molecule has 88 valence electrons. The van der Waals surface area contributed by atoms with Crippen LogP contribution in [0, 0.1) is 13.8 Å². The lowest BCUT2D eigenvalue weighted by molar-refractivity contribution is 0.112. The molecule has 0 aliphatic carbocycles. The van der Waals surface area contributed by atoms with Crippen LogP contribution in [0.3, 0.4) is 0 Å². The second kappa shape index (κ2) is 4.63. The summed E-state index contributed by atoms with van der Waals surface area (Å²) >= 11 is 9.61. The molecule has 1 aromatic heterocycles. The molecular weight excluding hydrogens is 304 g/mol. The van der Waals surface area contributed by atoms with E-state index in [1.165, 1.54) is 0 Å². The molecule has 0 saturated carbocycles. The number of aldehydes is 1. The zero-order valence-electron chi connectivity index (χ0n) is 9.37. The van der Waals surface area contributed by atoms with Gasteiger partial charge < -0.3 is 0 Å². The number of carbonyl (C=O) groups excluding carboxylic acids is 1. The molecule has 0 spiro atoms. The van der Waals surface area contributed by atoms with E-state index in [4.69, 9.17) is 11.6 Å². The minimum atomic E-state index is 0.507. The Labute approximate surface area is 113 Å². The predicted molar refractivity (Wildman–Crippen MR) is 71.1 cm³/mol. The predicted octanol–water partition coefficient (Wildman–Crippen LogP) is 3.72. The highest BCUT2D eigenvalue weighted by Crippen LogP contribution is 2.27. The molecule has 0 aliphatic rings. The van der Waals surface area contributed by atoms with Gasteiger partial charge in [0.25, 0.3) is 0 Å². The van der Waals surface area contributed by atoms with Crippen molar-refractivity contribution in [3.8, 4) is 5.69 Å². The van der Waals surface area contributed by atoms with E-state index in [1.807, 2.05) is 13.8 Å². The van der Waals surface area contributed by atoms with E-state index >= 15 is 0 Å². The zero-order chi connectivity index (χ0) is 12.6. The lowest BCUT2D eigenvalue weighted by Crippen LogP contribution is -2.00. The van der Waals surface area contributed by atoms with Gasteiger partial charge in [-0.2, -0.15) is 5.10 Å². The van der Waals surface area contributed by atoms with Gasteiger partial charge in [0.1, 0.15) is 6.29 Å². The molecule has 0 N–H and O–H groups in total. The van der Waals surface area contributed by atoms with Gasteiger partial charge in [0, 0.05) is 5.56 Å². The van der Waals surface area contributed by atoms with E-state index in [0.717, 1.165) is 27.8 Å². The Bertz CT molecular complexity index is 592. The Morgan fingerprint density at radius 1 is 1.41 bits per heavy atom. The average molecular weight is 314 g/mol. The average Bonchev–Trinajstić information content (AvgIpc) is 2.57. The molecule has 1 aromatic carbocycles. The Kier molecular flexibility index (Phi) is 3.35. The minimum absolute atomic E-state index is 0.507. The van der Waals surface area contributed by atoms with Crippen molar-refractivity contribution >= 4 is 33.8 Å². The highest BCUT2D eigenvalue weighted by molar-refractivity contribution is 9.10. The van der Waals surface area contributed by atoms with E-state index in [1.54, 1.807) is 22.9 Å². The second-order valence-electron chi connectivity index (χ2n) is 3.73. The van der Waals surface area contributed by atoms with Gasteiger partial charge in [-0.3, -0.25) is 4.79 Å². The van der Waals surface area contributed by atoms with Gasteiger partial charge >= 0.3 is 0 Å². The first-order valence-electron chi connectivity index (χ1n) is 5.01. The highest BCUT2D eigenvalue weighted by atomic mass is 79.9. The molecule has 2 rings (SSSR count). The maximum absolute atomic E-state index is 10.6. The summed E-state index contributed by atoms with van der Waals surface area (Å²) in [7, 11) is 0. The van der Waals surface area contributed by atoms with Crippen molar-refractivity contribution in [2.45, 2.75) is 13.8 Å². The molecular formula is C12H10BrClN2O. The van der Waals surface area contributed by atoms with Crippen LogP contribution in [-0.2, 0) is 0 Å². The number of hydrogen-bond donors (Lipinski definition) is 0. The molecule has 3 nitrogen and oxygen atoms in total. The summed E-state index contributed by atoms with van der Waals surface area (Å²) < 4.78 is 2.73. The van der Waals surface area contributed by atoms with Crippen LogP contribution in [0.5, 0.6) is 0 Å². The van der Waals surface area contributed by atoms with Crippen LogP contribution in [0.4, 0.5) is 0 Å². The standard InChI is InChI=1S/C12H10BrClN2O/c1-7-12(13)8(2)16(15-7)11-4-3-9(6-17)5-10(11)14/h3-6H,1-2H3. The van der Waals surface area contributed by atoms with Gasteiger partial charge in [0.2, 0.25) is 0 Å². The molecule has 0 aliphatic heterocycles. The van der Waals surface area contributed by atoms with Crippen LogP contribution in [0.25, 0.3) is 5.69 Å². The van der Waals surface area contributed by atoms with Crippen molar-refractivity contribution in [3.05, 3.63) is 44.6 Å². The smallest absolute Gasteiger partial charge is 0.150 e. The van der Waals surface area contributed by atoms with Gasteiger partial charge in [-0.25, -0.2) is 4.68 Å². The van der Waals surface area contributed by atoms with Gasteiger partial charge in [0.05, 0.1) is 26.6 Å². The third-order valence-corrected chi connectivity index (χ3v) is 3.99. The number of benzene rings is 1. The quantitative estimate of drug-likeness (QED) is 0.792. The van der Waals surface area contributed by atoms with Crippen molar-refractivity contribution in [1.82, 2.24) is 9.78 Å². The van der Waals surface area contributed by atoms with Crippen LogP contribution in [-0.4, -0.2) is 16.1 Å². The van der Waals surface area contributed by atoms with Crippen LogP contribution in [0.2, 0.25) is 5.02 Å². The fraction of sp³-hybridized carbons (Fsp3) is 0.167. The minimum Gasteiger partial charge on any atom is -0.298 e. The number of hydrogen-bond acceptors (Lipinski definition) is 2. The summed E-state index contributed by atoms with van der Waals surface area (Å²) in [6.45, 7) is 3.87. The van der Waals surface area contributed by atoms with Gasteiger partial charge in [0.15, 0.2) is 0 Å².